The van der Waals surface area contributed by atoms with Crippen molar-refractivity contribution < 1.29 is 13.9 Å². The molecule has 0 atom stereocenters. The number of fused-ring (bicyclic) bond motifs is 3. The molecule has 0 spiro atoms. The molecule has 2 aromatic heterocycles. The maximum absolute atomic E-state index is 13.9. The van der Waals surface area contributed by atoms with Crippen molar-refractivity contribution in [3.05, 3.63) is 77.1 Å². The van der Waals surface area contributed by atoms with Crippen LogP contribution in [0.25, 0.3) is 27.8 Å². The number of hydrogen-bond acceptors (Lipinski definition) is 6. The molecule has 9 heteroatoms. The first kappa shape index (κ1) is 23.8. The molecule has 5 rings (SSSR count). The van der Waals surface area contributed by atoms with Gasteiger partial charge in [0.15, 0.2) is 17.1 Å². The van der Waals surface area contributed by atoms with Crippen molar-refractivity contribution in [3.63, 3.8) is 0 Å². The maximum atomic E-state index is 13.9. The molecule has 3 aromatic carbocycles. The number of nitrogens with zero attached hydrogens (tertiary/aromatic N) is 4. The molecule has 0 aliphatic heterocycles. The zero-order chi connectivity index (χ0) is 25.1. The average molecular weight is 506 g/mol. The molecule has 36 heavy (non-hydrogen) atoms. The van der Waals surface area contributed by atoms with Crippen LogP contribution in [0.5, 0.6) is 11.5 Å². The van der Waals surface area contributed by atoms with Crippen molar-refractivity contribution in [2.45, 2.75) is 20.3 Å². The lowest BCUT2D eigenvalue weighted by atomic mass is 10.1. The Kier molecular flexibility index (Phi) is 6.86. The van der Waals surface area contributed by atoms with Crippen molar-refractivity contribution in [2.75, 3.05) is 25.1 Å². The monoisotopic (exact) mass is 505 g/mol. The Bertz CT molecular complexity index is 1540. The summed E-state index contributed by atoms with van der Waals surface area (Å²) in [5, 5.41) is 13.4. The van der Waals surface area contributed by atoms with E-state index in [1.165, 1.54) is 12.1 Å². The number of rotatable bonds is 9. The Labute approximate surface area is 212 Å². The summed E-state index contributed by atoms with van der Waals surface area (Å²) in [5.74, 6) is 1.78. The van der Waals surface area contributed by atoms with Gasteiger partial charge in [-0.15, -0.1) is 5.10 Å². The summed E-state index contributed by atoms with van der Waals surface area (Å²) in [6.07, 6.45) is 0.732. The summed E-state index contributed by atoms with van der Waals surface area (Å²) >= 11 is 6.31. The average Bonchev–Trinajstić information content (AvgIpc) is 3.30. The second-order valence-electron chi connectivity index (χ2n) is 8.13. The highest BCUT2D eigenvalue weighted by atomic mass is 35.5. The molecule has 7 nitrogen and oxygen atoms in total. The van der Waals surface area contributed by atoms with E-state index in [9.17, 15) is 4.39 Å². The molecule has 2 heterocycles. The van der Waals surface area contributed by atoms with E-state index in [-0.39, 0.29) is 5.82 Å². The molecule has 0 saturated heterocycles. The Balaban J connectivity index is 1.48. The highest BCUT2D eigenvalue weighted by molar-refractivity contribution is 6.31. The first-order valence-corrected chi connectivity index (χ1v) is 12.2. The maximum Gasteiger partial charge on any atom is 0.186 e. The zero-order valence-electron chi connectivity index (χ0n) is 20.0. The van der Waals surface area contributed by atoms with Gasteiger partial charge in [0.25, 0.3) is 0 Å². The smallest absolute Gasteiger partial charge is 0.186 e. The first-order valence-electron chi connectivity index (χ1n) is 11.8. The highest BCUT2D eigenvalue weighted by Gasteiger charge is 2.17. The van der Waals surface area contributed by atoms with E-state index in [4.69, 9.17) is 26.1 Å². The summed E-state index contributed by atoms with van der Waals surface area (Å²) < 4.78 is 27.0. The van der Waals surface area contributed by atoms with Gasteiger partial charge in [-0.05, 0) is 68.3 Å². The molecule has 0 aliphatic carbocycles. The standard InChI is InChI=1S/C27H25ClFN5O2/c1-3-35-23-11-8-17(14-24(23)36-4-2)12-13-30-26-21-16-19(28)9-10-22(21)34-27(31-26)25(32-33-34)18-6-5-7-20(29)15-18/h5-11,14-16H,3-4,12-13H2,1-2H3,(H,30,31). The van der Waals surface area contributed by atoms with Crippen molar-refractivity contribution in [2.24, 2.45) is 0 Å². The summed E-state index contributed by atoms with van der Waals surface area (Å²) in [4.78, 5) is 4.83. The number of nitrogens with one attached hydrogen (secondary N) is 1. The first-order chi connectivity index (χ1) is 17.6. The second kappa shape index (κ2) is 10.4. The van der Waals surface area contributed by atoms with Gasteiger partial charge in [-0.1, -0.05) is 35.0 Å². The Hall–Kier alpha value is -3.91. The number of hydrogen-bond donors (Lipinski definition) is 1. The molecular formula is C27H25ClFN5O2. The molecule has 0 saturated carbocycles. The van der Waals surface area contributed by atoms with E-state index in [0.29, 0.717) is 47.5 Å². The quantitative estimate of drug-likeness (QED) is 0.257. The molecule has 0 radical (unpaired) electrons. The molecule has 184 valence electrons. The van der Waals surface area contributed by atoms with Crippen molar-refractivity contribution in [1.82, 2.24) is 19.8 Å². The lowest BCUT2D eigenvalue weighted by Crippen LogP contribution is -2.09. The third-order valence-corrected chi connectivity index (χ3v) is 5.95. The lowest BCUT2D eigenvalue weighted by molar-refractivity contribution is 0.287. The van der Waals surface area contributed by atoms with E-state index in [1.807, 2.05) is 44.2 Å². The van der Waals surface area contributed by atoms with Gasteiger partial charge in [-0.2, -0.15) is 4.52 Å². The number of halogens is 2. The van der Waals surface area contributed by atoms with Crippen LogP contribution in [0, 0.1) is 5.82 Å². The van der Waals surface area contributed by atoms with Crippen LogP contribution in [0.15, 0.2) is 60.7 Å². The van der Waals surface area contributed by atoms with Crippen molar-refractivity contribution in [1.29, 1.82) is 0 Å². The Morgan fingerprint density at radius 2 is 1.81 bits per heavy atom. The largest absolute Gasteiger partial charge is 0.490 e. The fraction of sp³-hybridized carbons (Fsp3) is 0.222. The van der Waals surface area contributed by atoms with Crippen LogP contribution in [-0.4, -0.2) is 39.6 Å². The molecule has 0 bridgehead atoms. The van der Waals surface area contributed by atoms with Gasteiger partial charge in [0, 0.05) is 22.5 Å². The highest BCUT2D eigenvalue weighted by Crippen LogP contribution is 2.31. The number of ether oxygens (including phenoxy) is 2. The molecule has 0 fully saturated rings. The topological polar surface area (TPSA) is 73.6 Å². The molecule has 0 aliphatic rings. The van der Waals surface area contributed by atoms with Gasteiger partial charge in [-0.3, -0.25) is 0 Å². The Morgan fingerprint density at radius 3 is 2.61 bits per heavy atom. The summed E-state index contributed by atoms with van der Waals surface area (Å²) in [5.41, 5.74) is 3.53. The van der Waals surface area contributed by atoms with Crippen molar-refractivity contribution in [3.8, 4) is 22.8 Å². The molecular weight excluding hydrogens is 481 g/mol. The van der Waals surface area contributed by atoms with Gasteiger partial charge in [0.2, 0.25) is 0 Å². The number of anilines is 1. The third-order valence-electron chi connectivity index (χ3n) is 5.72. The van der Waals surface area contributed by atoms with Crippen LogP contribution in [0.1, 0.15) is 19.4 Å². The molecule has 1 N–H and O–H groups in total. The van der Waals surface area contributed by atoms with Crippen molar-refractivity contribution >= 4 is 34.0 Å². The number of aromatic nitrogens is 4. The minimum absolute atomic E-state index is 0.346. The fourth-order valence-corrected chi connectivity index (χ4v) is 4.29. The third kappa shape index (κ3) is 4.77. The van der Waals surface area contributed by atoms with Crippen LogP contribution in [0.4, 0.5) is 10.2 Å². The second-order valence-corrected chi connectivity index (χ2v) is 8.57. The predicted octanol–water partition coefficient (Wildman–Crippen LogP) is 6.19. The minimum atomic E-state index is -0.346. The van der Waals surface area contributed by atoms with Crippen LogP contribution in [-0.2, 0) is 6.42 Å². The van der Waals surface area contributed by atoms with Crippen LogP contribution < -0.4 is 14.8 Å². The SMILES string of the molecule is CCOc1ccc(CCNc2nc3c(-c4cccc(F)c4)nnn3c3ccc(Cl)cc23)cc1OCC. The van der Waals surface area contributed by atoms with Gasteiger partial charge in [0.05, 0.1) is 18.7 Å². The fourth-order valence-electron chi connectivity index (χ4n) is 4.12. The van der Waals surface area contributed by atoms with E-state index in [1.54, 1.807) is 22.7 Å². The zero-order valence-corrected chi connectivity index (χ0v) is 20.7. The van der Waals surface area contributed by atoms with Crippen LogP contribution in [0.2, 0.25) is 5.02 Å². The van der Waals surface area contributed by atoms with Gasteiger partial charge in [0.1, 0.15) is 17.3 Å². The van der Waals surface area contributed by atoms with E-state index < -0.39 is 0 Å². The van der Waals surface area contributed by atoms with E-state index >= 15 is 0 Å². The van der Waals surface area contributed by atoms with Gasteiger partial charge >= 0.3 is 0 Å². The minimum Gasteiger partial charge on any atom is -0.490 e. The molecule has 0 amide bonds. The van der Waals surface area contributed by atoms with E-state index in [2.05, 4.69) is 15.6 Å². The molecule has 0 unspecified atom stereocenters. The lowest BCUT2D eigenvalue weighted by Gasteiger charge is -2.13. The van der Waals surface area contributed by atoms with Crippen LogP contribution >= 0.6 is 11.6 Å². The number of benzene rings is 3. The molecule has 5 aromatic rings. The van der Waals surface area contributed by atoms with Gasteiger partial charge in [-0.25, -0.2) is 9.37 Å². The Morgan fingerprint density at radius 1 is 0.972 bits per heavy atom. The summed E-state index contributed by atoms with van der Waals surface area (Å²) in [6, 6.07) is 17.7. The van der Waals surface area contributed by atoms with Crippen LogP contribution in [0.3, 0.4) is 0 Å². The normalized spacial score (nSPS) is 11.2. The summed E-state index contributed by atoms with van der Waals surface area (Å²) in [6.45, 7) is 5.65. The van der Waals surface area contributed by atoms with Gasteiger partial charge < -0.3 is 14.8 Å². The summed E-state index contributed by atoms with van der Waals surface area (Å²) in [7, 11) is 0. The van der Waals surface area contributed by atoms with E-state index in [0.717, 1.165) is 34.4 Å². The predicted molar refractivity (Wildman–Crippen MR) is 140 cm³/mol.